The Balaban J connectivity index is 1.46. The predicted octanol–water partition coefficient (Wildman–Crippen LogP) is 4.02. The van der Waals surface area contributed by atoms with Gasteiger partial charge in [0.1, 0.15) is 18.7 Å². The van der Waals surface area contributed by atoms with Crippen LogP contribution in [-0.4, -0.2) is 53.2 Å². The van der Waals surface area contributed by atoms with E-state index in [1.54, 1.807) is 6.92 Å². The van der Waals surface area contributed by atoms with E-state index in [0.717, 1.165) is 28.7 Å². The van der Waals surface area contributed by atoms with Crippen LogP contribution >= 0.6 is 0 Å². The first kappa shape index (κ1) is 24.3. The second kappa shape index (κ2) is 10.6. The van der Waals surface area contributed by atoms with Crippen LogP contribution in [0, 0.1) is 17.8 Å². The summed E-state index contributed by atoms with van der Waals surface area (Å²) in [5.74, 6) is 4.18. The van der Waals surface area contributed by atoms with Crippen molar-refractivity contribution in [2.75, 3.05) is 13.2 Å². The standard InChI is InChI=1S/C28H30N2O5/c1-3-4-13-24(26(31)30-16-18(2)14-15-25(30)27(32)33)29-28(34)35-17-23-21-11-7-5-9-19(21)20-10-6-8-12-22(20)23/h5-12,18,23-25H,13-17H2,1-2H3,(H,29,34)(H,32,33). The highest BCUT2D eigenvalue weighted by atomic mass is 16.5. The van der Waals surface area contributed by atoms with Crippen molar-refractivity contribution in [3.8, 4) is 23.0 Å². The Morgan fingerprint density at radius 3 is 2.31 bits per heavy atom. The highest BCUT2D eigenvalue weighted by molar-refractivity contribution is 5.90. The van der Waals surface area contributed by atoms with Crippen LogP contribution in [0.3, 0.4) is 0 Å². The third-order valence-corrected chi connectivity index (χ3v) is 6.80. The summed E-state index contributed by atoms with van der Waals surface area (Å²) in [4.78, 5) is 39.2. The van der Waals surface area contributed by atoms with Gasteiger partial charge in [0.05, 0.1) is 0 Å². The van der Waals surface area contributed by atoms with Crippen LogP contribution in [0.5, 0.6) is 0 Å². The van der Waals surface area contributed by atoms with Gasteiger partial charge in [-0.05, 0) is 47.9 Å². The lowest BCUT2D eigenvalue weighted by Crippen LogP contribution is -2.56. The zero-order valence-corrected chi connectivity index (χ0v) is 20.0. The molecule has 2 aromatic carbocycles. The van der Waals surface area contributed by atoms with Crippen molar-refractivity contribution in [3.05, 3.63) is 59.7 Å². The third-order valence-electron chi connectivity index (χ3n) is 6.80. The number of carboxylic acids is 1. The summed E-state index contributed by atoms with van der Waals surface area (Å²) in [6.45, 7) is 4.09. The lowest BCUT2D eigenvalue weighted by atomic mass is 9.93. The molecular formula is C28H30N2O5. The van der Waals surface area contributed by atoms with Crippen molar-refractivity contribution in [3.63, 3.8) is 0 Å². The summed E-state index contributed by atoms with van der Waals surface area (Å²) < 4.78 is 5.60. The first-order chi connectivity index (χ1) is 16.9. The number of hydrogen-bond donors (Lipinski definition) is 2. The molecule has 7 heteroatoms. The molecule has 4 rings (SSSR count). The van der Waals surface area contributed by atoms with E-state index in [0.29, 0.717) is 13.0 Å². The Morgan fingerprint density at radius 2 is 1.71 bits per heavy atom. The first-order valence-corrected chi connectivity index (χ1v) is 11.9. The number of fused-ring (bicyclic) bond motifs is 3. The van der Waals surface area contributed by atoms with E-state index in [1.165, 1.54) is 4.90 Å². The van der Waals surface area contributed by atoms with Gasteiger partial charge in [-0.15, -0.1) is 11.8 Å². The molecule has 2 aromatic rings. The van der Waals surface area contributed by atoms with Gasteiger partial charge in [0.15, 0.2) is 0 Å². The van der Waals surface area contributed by atoms with Crippen LogP contribution in [0.15, 0.2) is 48.5 Å². The fourth-order valence-corrected chi connectivity index (χ4v) is 5.04. The van der Waals surface area contributed by atoms with Crippen LogP contribution in [-0.2, 0) is 14.3 Å². The minimum absolute atomic E-state index is 0.0801. The van der Waals surface area contributed by atoms with E-state index >= 15 is 0 Å². The number of amides is 2. The van der Waals surface area contributed by atoms with Crippen molar-refractivity contribution in [2.24, 2.45) is 5.92 Å². The van der Waals surface area contributed by atoms with Gasteiger partial charge in [0.25, 0.3) is 0 Å². The van der Waals surface area contributed by atoms with E-state index in [4.69, 9.17) is 4.74 Å². The Morgan fingerprint density at radius 1 is 1.09 bits per heavy atom. The Labute approximate surface area is 205 Å². The summed E-state index contributed by atoms with van der Waals surface area (Å²) in [5.41, 5.74) is 4.44. The van der Waals surface area contributed by atoms with Gasteiger partial charge in [0.2, 0.25) is 5.91 Å². The van der Waals surface area contributed by atoms with Gasteiger partial charge in [-0.2, -0.15) is 0 Å². The summed E-state index contributed by atoms with van der Waals surface area (Å²) in [6, 6.07) is 14.2. The number of likely N-dealkylation sites (tertiary alicyclic amines) is 1. The highest BCUT2D eigenvalue weighted by Crippen LogP contribution is 2.44. The number of alkyl carbamates (subject to hydrolysis) is 1. The maximum atomic E-state index is 13.3. The van der Waals surface area contributed by atoms with E-state index in [9.17, 15) is 19.5 Å². The van der Waals surface area contributed by atoms with Gasteiger partial charge in [-0.1, -0.05) is 55.5 Å². The number of aliphatic carboxylic acids is 1. The lowest BCUT2D eigenvalue weighted by molar-refractivity contribution is -0.153. The molecule has 3 atom stereocenters. The molecule has 0 saturated carbocycles. The zero-order chi connectivity index (χ0) is 24.9. The summed E-state index contributed by atoms with van der Waals surface area (Å²) >= 11 is 0. The number of rotatable bonds is 6. The minimum Gasteiger partial charge on any atom is -0.480 e. The number of carboxylic acid groups (broad SMARTS) is 1. The Hall–Kier alpha value is -3.79. The van der Waals surface area contributed by atoms with Crippen molar-refractivity contribution in [1.29, 1.82) is 0 Å². The minimum atomic E-state index is -1.04. The molecule has 2 aliphatic rings. The molecule has 0 bridgehead atoms. The molecule has 35 heavy (non-hydrogen) atoms. The molecule has 7 nitrogen and oxygen atoms in total. The summed E-state index contributed by atoms with van der Waals surface area (Å²) in [7, 11) is 0. The molecule has 1 aliphatic carbocycles. The van der Waals surface area contributed by atoms with Gasteiger partial charge >= 0.3 is 12.1 Å². The number of piperidine rings is 1. The molecule has 0 radical (unpaired) electrons. The van der Waals surface area contributed by atoms with Gasteiger partial charge in [0, 0.05) is 18.9 Å². The largest absolute Gasteiger partial charge is 0.480 e. The molecule has 3 unspecified atom stereocenters. The van der Waals surface area contributed by atoms with Crippen molar-refractivity contribution >= 4 is 18.0 Å². The average molecular weight is 475 g/mol. The molecular weight excluding hydrogens is 444 g/mol. The number of nitrogens with one attached hydrogen (secondary N) is 1. The number of hydrogen-bond acceptors (Lipinski definition) is 4. The van der Waals surface area contributed by atoms with E-state index in [-0.39, 0.29) is 24.9 Å². The fraction of sp³-hybridized carbons (Fsp3) is 0.393. The molecule has 1 fully saturated rings. The Bertz CT molecular complexity index is 1140. The second-order valence-corrected chi connectivity index (χ2v) is 9.18. The maximum Gasteiger partial charge on any atom is 0.407 e. The van der Waals surface area contributed by atoms with Crippen molar-refractivity contribution in [1.82, 2.24) is 10.2 Å². The second-order valence-electron chi connectivity index (χ2n) is 9.18. The predicted molar refractivity (Wildman–Crippen MR) is 132 cm³/mol. The fourth-order valence-electron chi connectivity index (χ4n) is 5.04. The molecule has 1 heterocycles. The van der Waals surface area contributed by atoms with E-state index < -0.39 is 30.1 Å². The average Bonchev–Trinajstić information content (AvgIpc) is 3.18. The normalized spacial score (nSPS) is 19.5. The molecule has 2 amide bonds. The van der Waals surface area contributed by atoms with Crippen LogP contribution in [0.1, 0.15) is 50.2 Å². The number of ether oxygens (including phenoxy) is 1. The summed E-state index contributed by atoms with van der Waals surface area (Å²) in [6.07, 6.45) is 0.482. The van der Waals surface area contributed by atoms with Crippen molar-refractivity contribution in [2.45, 2.75) is 51.1 Å². The van der Waals surface area contributed by atoms with E-state index in [2.05, 4.69) is 29.3 Å². The number of carbonyl (C=O) groups is 3. The van der Waals surface area contributed by atoms with Gasteiger partial charge < -0.3 is 20.1 Å². The van der Waals surface area contributed by atoms with Gasteiger partial charge in [-0.3, -0.25) is 4.79 Å². The number of carbonyl (C=O) groups excluding carboxylic acids is 2. The highest BCUT2D eigenvalue weighted by Gasteiger charge is 2.38. The van der Waals surface area contributed by atoms with Crippen LogP contribution < -0.4 is 5.32 Å². The van der Waals surface area contributed by atoms with Crippen LogP contribution in [0.4, 0.5) is 4.79 Å². The van der Waals surface area contributed by atoms with E-state index in [1.807, 2.05) is 43.3 Å². The summed E-state index contributed by atoms with van der Waals surface area (Å²) in [5, 5.41) is 12.3. The smallest absolute Gasteiger partial charge is 0.407 e. The van der Waals surface area contributed by atoms with Crippen molar-refractivity contribution < 1.29 is 24.2 Å². The third kappa shape index (κ3) is 5.17. The molecule has 1 aliphatic heterocycles. The molecule has 0 spiro atoms. The maximum absolute atomic E-state index is 13.3. The van der Waals surface area contributed by atoms with Crippen LogP contribution in [0.25, 0.3) is 11.1 Å². The Kier molecular flexibility index (Phi) is 7.40. The molecule has 0 aromatic heterocycles. The monoisotopic (exact) mass is 474 g/mol. The topological polar surface area (TPSA) is 95.9 Å². The van der Waals surface area contributed by atoms with Gasteiger partial charge in [-0.25, -0.2) is 9.59 Å². The molecule has 2 N–H and O–H groups in total. The zero-order valence-electron chi connectivity index (χ0n) is 20.0. The quantitative estimate of drug-likeness (QED) is 0.617. The van der Waals surface area contributed by atoms with Crippen LogP contribution in [0.2, 0.25) is 0 Å². The number of nitrogens with zero attached hydrogens (tertiary/aromatic N) is 1. The molecule has 182 valence electrons. The number of benzene rings is 2. The SMILES string of the molecule is CC#CCC(NC(=O)OCC1c2ccccc2-c2ccccc21)C(=O)N1CC(C)CCC1C(=O)O. The first-order valence-electron chi connectivity index (χ1n) is 11.9. The lowest BCUT2D eigenvalue weighted by Gasteiger charge is -2.38. The molecule has 1 saturated heterocycles.